The fourth-order valence-corrected chi connectivity index (χ4v) is 2.51. The summed E-state index contributed by atoms with van der Waals surface area (Å²) in [6.07, 6.45) is 2.80. The maximum atomic E-state index is 12.2. The Morgan fingerprint density at radius 1 is 1.43 bits per heavy atom. The molecule has 1 amide bonds. The van der Waals surface area contributed by atoms with Gasteiger partial charge >= 0.3 is 0 Å². The van der Waals surface area contributed by atoms with E-state index in [9.17, 15) is 13.2 Å². The van der Waals surface area contributed by atoms with Gasteiger partial charge in [-0.05, 0) is 18.2 Å². The molecule has 0 atom stereocenters. The molecular weight excluding hydrogens is 292 g/mol. The van der Waals surface area contributed by atoms with Gasteiger partial charge in [0.05, 0.1) is 4.90 Å². The van der Waals surface area contributed by atoms with Crippen LogP contribution in [0.25, 0.3) is 0 Å². The Hall–Kier alpha value is -2.19. The first kappa shape index (κ1) is 15.2. The second kappa shape index (κ2) is 5.66. The summed E-state index contributed by atoms with van der Waals surface area (Å²) in [5.41, 5.74) is 6.52. The van der Waals surface area contributed by atoms with E-state index in [1.54, 1.807) is 17.9 Å². The molecule has 3 N–H and O–H groups in total. The Morgan fingerprint density at radius 3 is 2.76 bits per heavy atom. The highest BCUT2D eigenvalue weighted by Gasteiger charge is 2.14. The molecule has 0 radical (unpaired) electrons. The van der Waals surface area contributed by atoms with E-state index >= 15 is 0 Å². The zero-order chi connectivity index (χ0) is 15.6. The average molecular weight is 308 g/mol. The highest BCUT2D eigenvalue weighted by atomic mass is 32.2. The van der Waals surface area contributed by atoms with Crippen molar-refractivity contribution in [1.29, 1.82) is 0 Å². The molecule has 7 nitrogen and oxygen atoms in total. The van der Waals surface area contributed by atoms with Crippen molar-refractivity contribution in [3.63, 3.8) is 0 Å². The van der Waals surface area contributed by atoms with Crippen LogP contribution >= 0.6 is 0 Å². The summed E-state index contributed by atoms with van der Waals surface area (Å²) in [7, 11) is -1.64. The van der Waals surface area contributed by atoms with Gasteiger partial charge in [0, 0.05) is 37.2 Å². The van der Waals surface area contributed by atoms with Crippen LogP contribution in [0.2, 0.25) is 0 Å². The van der Waals surface area contributed by atoms with E-state index in [4.69, 9.17) is 5.73 Å². The van der Waals surface area contributed by atoms with Crippen molar-refractivity contribution >= 4 is 21.6 Å². The second-order valence-corrected chi connectivity index (χ2v) is 6.65. The van der Waals surface area contributed by atoms with Crippen molar-refractivity contribution in [3.8, 4) is 0 Å². The quantitative estimate of drug-likeness (QED) is 0.857. The van der Waals surface area contributed by atoms with Crippen molar-refractivity contribution in [2.75, 3.05) is 11.6 Å². The minimum atomic E-state index is -3.36. The number of sulfone groups is 1. The molecule has 2 rings (SSSR count). The van der Waals surface area contributed by atoms with E-state index in [1.807, 2.05) is 0 Å². The van der Waals surface area contributed by atoms with Crippen molar-refractivity contribution in [3.05, 3.63) is 41.6 Å². The smallest absolute Gasteiger partial charge is 0.256 e. The van der Waals surface area contributed by atoms with Gasteiger partial charge in [0.15, 0.2) is 15.7 Å². The number of nitrogens with one attached hydrogen (secondary N) is 1. The third-order valence-electron chi connectivity index (χ3n) is 2.88. The molecule has 112 valence electrons. The molecule has 21 heavy (non-hydrogen) atoms. The van der Waals surface area contributed by atoms with E-state index in [2.05, 4.69) is 10.4 Å². The van der Waals surface area contributed by atoms with Crippen LogP contribution in [0.4, 0.5) is 5.82 Å². The SMILES string of the molecule is Cn1cc(CN)c(NC(=O)c2cccc(S(C)(=O)=O)c2)n1. The van der Waals surface area contributed by atoms with Crippen molar-refractivity contribution in [2.45, 2.75) is 11.4 Å². The molecule has 0 spiro atoms. The molecule has 0 aliphatic carbocycles. The number of hydrogen-bond donors (Lipinski definition) is 2. The Morgan fingerprint density at radius 2 is 2.14 bits per heavy atom. The van der Waals surface area contributed by atoms with Crippen LogP contribution in [0.1, 0.15) is 15.9 Å². The topological polar surface area (TPSA) is 107 Å². The van der Waals surface area contributed by atoms with Gasteiger partial charge in [0.2, 0.25) is 0 Å². The lowest BCUT2D eigenvalue weighted by Crippen LogP contribution is -2.15. The lowest BCUT2D eigenvalue weighted by Gasteiger charge is -2.05. The van der Waals surface area contributed by atoms with Gasteiger partial charge in [-0.2, -0.15) is 5.10 Å². The first-order chi connectivity index (χ1) is 9.81. The van der Waals surface area contributed by atoms with Crippen LogP contribution < -0.4 is 11.1 Å². The van der Waals surface area contributed by atoms with Gasteiger partial charge in [-0.1, -0.05) is 6.07 Å². The monoisotopic (exact) mass is 308 g/mol. The number of anilines is 1. The van der Waals surface area contributed by atoms with Crippen molar-refractivity contribution < 1.29 is 13.2 Å². The number of carbonyl (C=O) groups excluding carboxylic acids is 1. The molecule has 0 saturated carbocycles. The number of carbonyl (C=O) groups is 1. The van der Waals surface area contributed by atoms with Gasteiger partial charge < -0.3 is 11.1 Å². The summed E-state index contributed by atoms with van der Waals surface area (Å²) in [6.45, 7) is 0.243. The highest BCUT2D eigenvalue weighted by molar-refractivity contribution is 7.90. The number of nitrogens with two attached hydrogens (primary N) is 1. The molecule has 1 aromatic heterocycles. The number of aryl methyl sites for hydroxylation is 1. The lowest BCUT2D eigenvalue weighted by atomic mass is 10.2. The summed E-state index contributed by atoms with van der Waals surface area (Å²) < 4.78 is 24.6. The molecule has 0 bridgehead atoms. The van der Waals surface area contributed by atoms with Gasteiger partial charge in [0.1, 0.15) is 0 Å². The molecule has 0 aliphatic rings. The third-order valence-corrected chi connectivity index (χ3v) is 3.99. The predicted molar refractivity (Wildman–Crippen MR) is 78.6 cm³/mol. The third kappa shape index (κ3) is 3.47. The summed E-state index contributed by atoms with van der Waals surface area (Å²) in [5, 5.41) is 6.74. The summed E-state index contributed by atoms with van der Waals surface area (Å²) in [4.78, 5) is 12.3. The van der Waals surface area contributed by atoms with Crippen molar-refractivity contribution in [2.24, 2.45) is 12.8 Å². The first-order valence-electron chi connectivity index (χ1n) is 6.15. The molecule has 0 unspecified atom stereocenters. The van der Waals surface area contributed by atoms with Crippen LogP contribution in [0.3, 0.4) is 0 Å². The van der Waals surface area contributed by atoms with Crippen LogP contribution in [-0.4, -0.2) is 30.4 Å². The second-order valence-electron chi connectivity index (χ2n) is 4.63. The number of amides is 1. The first-order valence-corrected chi connectivity index (χ1v) is 8.04. The minimum Gasteiger partial charge on any atom is -0.326 e. The molecule has 0 aliphatic heterocycles. The van der Waals surface area contributed by atoms with Crippen molar-refractivity contribution in [1.82, 2.24) is 9.78 Å². The minimum absolute atomic E-state index is 0.0928. The van der Waals surface area contributed by atoms with Crippen LogP contribution in [0.5, 0.6) is 0 Å². The van der Waals surface area contributed by atoms with Gasteiger partial charge in [-0.25, -0.2) is 8.42 Å². The van der Waals surface area contributed by atoms with E-state index in [0.717, 1.165) is 6.26 Å². The highest BCUT2D eigenvalue weighted by Crippen LogP contribution is 2.15. The normalized spacial score (nSPS) is 11.4. The lowest BCUT2D eigenvalue weighted by molar-refractivity contribution is 0.102. The molecular formula is C13H16N4O3S. The zero-order valence-corrected chi connectivity index (χ0v) is 12.5. The molecule has 0 saturated heterocycles. The molecule has 1 heterocycles. The maximum absolute atomic E-state index is 12.2. The average Bonchev–Trinajstić information content (AvgIpc) is 2.78. The summed E-state index contributed by atoms with van der Waals surface area (Å²) in [5.74, 6) is -0.0661. The molecule has 0 fully saturated rings. The Kier molecular flexibility index (Phi) is 4.10. The standard InChI is InChI=1S/C13H16N4O3S/c1-17-8-10(7-14)12(16-17)15-13(18)9-4-3-5-11(6-9)21(2,19)20/h3-6,8H,7,14H2,1-2H3,(H,15,16,18). The molecule has 8 heteroatoms. The van der Waals surface area contributed by atoms with Crippen LogP contribution in [0, 0.1) is 0 Å². The van der Waals surface area contributed by atoms with Gasteiger partial charge in [-0.3, -0.25) is 9.48 Å². The largest absolute Gasteiger partial charge is 0.326 e. The molecule has 2 aromatic rings. The fourth-order valence-electron chi connectivity index (χ4n) is 1.84. The number of hydrogen-bond acceptors (Lipinski definition) is 5. The Balaban J connectivity index is 2.28. The predicted octanol–water partition coefficient (Wildman–Crippen LogP) is 0.535. The summed E-state index contributed by atoms with van der Waals surface area (Å²) in [6, 6.07) is 5.83. The van der Waals surface area contributed by atoms with E-state index in [0.29, 0.717) is 11.4 Å². The van der Waals surface area contributed by atoms with Crippen LogP contribution in [-0.2, 0) is 23.4 Å². The number of rotatable bonds is 4. The zero-order valence-electron chi connectivity index (χ0n) is 11.7. The maximum Gasteiger partial charge on any atom is 0.256 e. The summed E-state index contributed by atoms with van der Waals surface area (Å²) >= 11 is 0. The number of benzene rings is 1. The fraction of sp³-hybridized carbons (Fsp3) is 0.231. The van der Waals surface area contributed by atoms with Gasteiger partial charge in [-0.15, -0.1) is 0 Å². The Bertz CT molecular complexity index is 780. The van der Waals surface area contributed by atoms with Crippen LogP contribution in [0.15, 0.2) is 35.4 Å². The van der Waals surface area contributed by atoms with E-state index in [-0.39, 0.29) is 17.0 Å². The van der Waals surface area contributed by atoms with E-state index in [1.165, 1.54) is 24.3 Å². The number of nitrogens with zero attached hydrogens (tertiary/aromatic N) is 2. The Labute approximate surface area is 122 Å². The molecule has 1 aromatic carbocycles. The number of aromatic nitrogens is 2. The van der Waals surface area contributed by atoms with Gasteiger partial charge in [0.25, 0.3) is 5.91 Å². The van der Waals surface area contributed by atoms with E-state index < -0.39 is 15.7 Å².